The van der Waals surface area contributed by atoms with Gasteiger partial charge in [0, 0.05) is 19.5 Å². The van der Waals surface area contributed by atoms with Gasteiger partial charge >= 0.3 is 11.9 Å². The number of hydrogen-bond acceptors (Lipinski definition) is 6. The van der Waals surface area contributed by atoms with Gasteiger partial charge < -0.3 is 4.98 Å². The molecule has 0 unspecified atom stereocenters. The number of rotatable bonds is 8. The molecule has 0 aliphatic rings. The van der Waals surface area contributed by atoms with E-state index < -0.39 is 28.8 Å². The first-order valence-electron chi connectivity index (χ1n) is 10.6. The van der Waals surface area contributed by atoms with Gasteiger partial charge in [0.2, 0.25) is 5.28 Å². The number of fused-ring (bicyclic) bond motifs is 1. The Morgan fingerprint density at radius 2 is 1.89 bits per heavy atom. The van der Waals surface area contributed by atoms with E-state index in [0.29, 0.717) is 25.5 Å². The molecule has 3 heterocycles. The van der Waals surface area contributed by atoms with Gasteiger partial charge in [0.15, 0.2) is 17.0 Å². The summed E-state index contributed by atoms with van der Waals surface area (Å²) in [5.74, 6) is -1.20. The number of alkyl halides is 3. The molecule has 35 heavy (non-hydrogen) atoms. The molecule has 0 amide bonds. The number of nitrogens with one attached hydrogen (secondary N) is 1. The van der Waals surface area contributed by atoms with Crippen molar-refractivity contribution in [3.8, 4) is 0 Å². The average Bonchev–Trinajstić information content (AvgIpc) is 3.39. The molecule has 0 radical (unpaired) electrons. The van der Waals surface area contributed by atoms with Crippen LogP contribution in [0.5, 0.6) is 0 Å². The largest absolute Gasteiger partial charge is 0.419 e. The molecule has 4 aromatic rings. The lowest BCUT2D eigenvalue weighted by atomic mass is 10.1. The first-order chi connectivity index (χ1) is 16.6. The first kappa shape index (κ1) is 24.6. The van der Waals surface area contributed by atoms with Gasteiger partial charge in [0.05, 0.1) is 12.1 Å². The van der Waals surface area contributed by atoms with Crippen molar-refractivity contribution >= 4 is 22.8 Å². The minimum absolute atomic E-state index is 0.00590. The van der Waals surface area contributed by atoms with Gasteiger partial charge in [-0.2, -0.15) is 23.0 Å². The summed E-state index contributed by atoms with van der Waals surface area (Å²) in [7, 11) is 0. The molecule has 0 spiro atoms. The zero-order chi connectivity index (χ0) is 25.3. The standard InChI is InChI=1S/C20H19ClF4N8O2/c1-2-6-31-16-15(26-18(21)27-16)17(34)32(19(31)35)7-3-8-33-29-14(28-30-33)10-11-4-5-12(13(22)9-11)20(23,24)25/h4-5,9H,2-3,6-8,10H2,1H3,(H,26,27). The van der Waals surface area contributed by atoms with Crippen LogP contribution in [0.15, 0.2) is 27.8 Å². The normalized spacial score (nSPS) is 12.1. The van der Waals surface area contributed by atoms with Crippen molar-refractivity contribution in [3.05, 3.63) is 67.1 Å². The molecule has 15 heteroatoms. The van der Waals surface area contributed by atoms with E-state index in [0.717, 1.165) is 16.7 Å². The number of tetrazole rings is 1. The molecular formula is C20H19ClF4N8O2. The molecule has 1 N–H and O–H groups in total. The quantitative estimate of drug-likeness (QED) is 0.285. The van der Waals surface area contributed by atoms with Gasteiger partial charge in [-0.1, -0.05) is 13.0 Å². The lowest BCUT2D eigenvalue weighted by molar-refractivity contribution is -0.140. The van der Waals surface area contributed by atoms with E-state index >= 15 is 0 Å². The lowest BCUT2D eigenvalue weighted by Gasteiger charge is -2.10. The van der Waals surface area contributed by atoms with Crippen LogP contribution in [0.2, 0.25) is 5.28 Å². The summed E-state index contributed by atoms with van der Waals surface area (Å²) in [5, 5.41) is 11.8. The molecule has 0 saturated heterocycles. The monoisotopic (exact) mass is 514 g/mol. The molecule has 0 bridgehead atoms. The Labute approximate surface area is 199 Å². The van der Waals surface area contributed by atoms with E-state index in [4.69, 9.17) is 11.6 Å². The number of H-pyrrole nitrogens is 1. The molecule has 3 aromatic heterocycles. The van der Waals surface area contributed by atoms with Gasteiger partial charge in [-0.05, 0) is 47.4 Å². The van der Waals surface area contributed by atoms with Crippen molar-refractivity contribution < 1.29 is 17.6 Å². The van der Waals surface area contributed by atoms with Gasteiger partial charge in [0.25, 0.3) is 5.56 Å². The van der Waals surface area contributed by atoms with Crippen LogP contribution >= 0.6 is 11.6 Å². The summed E-state index contributed by atoms with van der Waals surface area (Å²) in [4.78, 5) is 33.5. The molecule has 0 aliphatic heterocycles. The molecule has 0 atom stereocenters. The molecule has 186 valence electrons. The van der Waals surface area contributed by atoms with Gasteiger partial charge in [-0.25, -0.2) is 9.18 Å². The highest BCUT2D eigenvalue weighted by molar-refractivity contribution is 6.28. The number of nitrogens with zero attached hydrogens (tertiary/aromatic N) is 7. The average molecular weight is 515 g/mol. The maximum Gasteiger partial charge on any atom is 0.419 e. The minimum Gasteiger partial charge on any atom is -0.323 e. The summed E-state index contributed by atoms with van der Waals surface area (Å²) in [6.45, 7) is 2.51. The number of halogens is 5. The lowest BCUT2D eigenvalue weighted by Crippen LogP contribution is -2.40. The zero-order valence-electron chi connectivity index (χ0n) is 18.3. The van der Waals surface area contributed by atoms with Crippen molar-refractivity contribution in [3.63, 3.8) is 0 Å². The highest BCUT2D eigenvalue weighted by atomic mass is 35.5. The molecule has 0 aliphatic carbocycles. The molecular weight excluding hydrogens is 496 g/mol. The van der Waals surface area contributed by atoms with E-state index in [2.05, 4.69) is 25.4 Å². The van der Waals surface area contributed by atoms with Gasteiger partial charge in [0.1, 0.15) is 5.82 Å². The summed E-state index contributed by atoms with van der Waals surface area (Å²) >= 11 is 5.89. The third-order valence-electron chi connectivity index (χ3n) is 5.21. The predicted octanol–water partition coefficient (Wildman–Crippen LogP) is 2.78. The van der Waals surface area contributed by atoms with E-state index in [1.54, 1.807) is 0 Å². The Hall–Kier alpha value is -3.55. The highest BCUT2D eigenvalue weighted by Gasteiger charge is 2.33. The summed E-state index contributed by atoms with van der Waals surface area (Å²) in [6.07, 6.45) is -3.85. The van der Waals surface area contributed by atoms with E-state index in [-0.39, 0.29) is 47.3 Å². The Morgan fingerprint density at radius 1 is 1.11 bits per heavy atom. The highest BCUT2D eigenvalue weighted by Crippen LogP contribution is 2.31. The third-order valence-corrected chi connectivity index (χ3v) is 5.39. The fourth-order valence-corrected chi connectivity index (χ4v) is 3.83. The fourth-order valence-electron chi connectivity index (χ4n) is 3.65. The van der Waals surface area contributed by atoms with Crippen molar-refractivity contribution in [2.24, 2.45) is 0 Å². The Balaban J connectivity index is 1.45. The summed E-state index contributed by atoms with van der Waals surface area (Å²) < 4.78 is 54.4. The van der Waals surface area contributed by atoms with Crippen LogP contribution in [0, 0.1) is 5.82 Å². The number of hydrogen-bond donors (Lipinski definition) is 1. The van der Waals surface area contributed by atoms with Crippen molar-refractivity contribution in [2.75, 3.05) is 0 Å². The number of benzene rings is 1. The Kier molecular flexibility index (Phi) is 6.74. The fraction of sp³-hybridized carbons (Fsp3) is 0.400. The minimum atomic E-state index is -4.78. The third kappa shape index (κ3) is 5.11. The van der Waals surface area contributed by atoms with Crippen molar-refractivity contribution in [1.82, 2.24) is 39.3 Å². The van der Waals surface area contributed by atoms with E-state index in [9.17, 15) is 27.2 Å². The first-order valence-corrected chi connectivity index (χ1v) is 11.0. The van der Waals surface area contributed by atoms with Crippen molar-refractivity contribution in [1.29, 1.82) is 0 Å². The van der Waals surface area contributed by atoms with Crippen LogP contribution < -0.4 is 11.2 Å². The maximum absolute atomic E-state index is 13.8. The smallest absolute Gasteiger partial charge is 0.323 e. The van der Waals surface area contributed by atoms with E-state index in [1.165, 1.54) is 9.36 Å². The second-order valence-electron chi connectivity index (χ2n) is 7.76. The number of imidazole rings is 1. The van der Waals surface area contributed by atoms with Crippen molar-refractivity contribution in [2.45, 2.75) is 52.0 Å². The van der Waals surface area contributed by atoms with Crippen LogP contribution in [0.1, 0.15) is 36.7 Å². The number of aromatic amines is 1. The summed E-state index contributed by atoms with van der Waals surface area (Å²) in [6, 6.07) is 2.61. The molecule has 0 fully saturated rings. The topological polar surface area (TPSA) is 116 Å². The van der Waals surface area contributed by atoms with Crippen LogP contribution in [0.3, 0.4) is 0 Å². The van der Waals surface area contributed by atoms with Crippen LogP contribution in [-0.2, 0) is 32.2 Å². The Morgan fingerprint density at radius 3 is 2.57 bits per heavy atom. The number of aryl methyl sites for hydroxylation is 2. The SMILES string of the molecule is CCCn1c(=O)n(CCCn2nnc(Cc3ccc(C(F)(F)F)c(F)c3)n2)c(=O)c2[nH]c(Cl)nc21. The molecule has 1 aromatic carbocycles. The van der Waals surface area contributed by atoms with Crippen LogP contribution in [0.25, 0.3) is 11.2 Å². The predicted molar refractivity (Wildman–Crippen MR) is 117 cm³/mol. The molecule has 10 nitrogen and oxygen atoms in total. The van der Waals surface area contributed by atoms with Crippen LogP contribution in [-0.4, -0.2) is 39.3 Å². The maximum atomic E-state index is 13.8. The van der Waals surface area contributed by atoms with Crippen LogP contribution in [0.4, 0.5) is 17.6 Å². The summed E-state index contributed by atoms with van der Waals surface area (Å²) in [5.41, 5.74) is -1.82. The van der Waals surface area contributed by atoms with Gasteiger partial charge in [-0.15, -0.1) is 10.2 Å². The van der Waals surface area contributed by atoms with Gasteiger partial charge in [-0.3, -0.25) is 13.9 Å². The molecule has 0 saturated carbocycles. The Bertz CT molecular complexity index is 1490. The zero-order valence-corrected chi connectivity index (χ0v) is 19.1. The molecule has 4 rings (SSSR count). The van der Waals surface area contributed by atoms with E-state index in [1.807, 2.05) is 6.92 Å². The number of aromatic nitrogens is 8. The second-order valence-corrected chi connectivity index (χ2v) is 8.12. The second kappa shape index (κ2) is 9.60.